The van der Waals surface area contributed by atoms with Gasteiger partial charge in [-0.15, -0.1) is 0 Å². The Labute approximate surface area is 226 Å². The molecule has 0 saturated carbocycles. The normalized spacial score (nSPS) is 11.8. The third-order valence-electron chi connectivity index (χ3n) is 8.12. The number of hydrogen-bond donors (Lipinski definition) is 0. The van der Waals surface area contributed by atoms with Gasteiger partial charge in [0.1, 0.15) is 0 Å². The van der Waals surface area contributed by atoms with Crippen LogP contribution in [0.15, 0.2) is 116 Å². The molecular weight excluding hydrogens is 474 g/mol. The monoisotopic (exact) mass is 499 g/mol. The minimum absolute atomic E-state index is 0.951. The van der Waals surface area contributed by atoms with Crippen LogP contribution in [-0.4, -0.2) is 14.5 Å². The number of fused-ring (bicyclic) bond motifs is 9. The second-order valence-corrected chi connectivity index (χ2v) is 10.4. The maximum absolute atomic E-state index is 4.72. The van der Waals surface area contributed by atoms with Crippen molar-refractivity contribution in [1.82, 2.24) is 14.5 Å². The smallest absolute Gasteiger partial charge is 0.0971 e. The van der Waals surface area contributed by atoms with E-state index in [0.29, 0.717) is 0 Å². The van der Waals surface area contributed by atoms with Crippen LogP contribution in [0.25, 0.3) is 71.2 Å². The molecule has 0 amide bonds. The molecule has 0 spiro atoms. The van der Waals surface area contributed by atoms with Crippen LogP contribution < -0.4 is 0 Å². The van der Waals surface area contributed by atoms with Crippen LogP contribution in [0.1, 0.15) is 11.1 Å². The van der Waals surface area contributed by atoms with Gasteiger partial charge in [-0.05, 0) is 77.2 Å². The van der Waals surface area contributed by atoms with Gasteiger partial charge in [0.15, 0.2) is 0 Å². The molecule has 0 aliphatic rings. The first-order chi connectivity index (χ1) is 19.2. The van der Waals surface area contributed by atoms with Gasteiger partial charge in [0.05, 0.1) is 22.1 Å². The fourth-order valence-corrected chi connectivity index (χ4v) is 6.33. The highest BCUT2D eigenvalue weighted by molar-refractivity contribution is 6.23. The maximum atomic E-state index is 4.72. The average molecular weight is 500 g/mol. The molecule has 2 heterocycles. The van der Waals surface area contributed by atoms with Crippen molar-refractivity contribution in [2.24, 2.45) is 0 Å². The van der Waals surface area contributed by atoms with E-state index in [9.17, 15) is 0 Å². The second-order valence-electron chi connectivity index (χ2n) is 10.4. The molecule has 2 aromatic heterocycles. The third kappa shape index (κ3) is 3.17. The summed E-state index contributed by atoms with van der Waals surface area (Å²) in [6, 6.07) is 37.4. The van der Waals surface area contributed by atoms with Crippen molar-refractivity contribution >= 4 is 54.4 Å². The van der Waals surface area contributed by atoms with Crippen LogP contribution >= 0.6 is 0 Å². The number of para-hydroxylation sites is 2. The maximum Gasteiger partial charge on any atom is 0.0971 e. The summed E-state index contributed by atoms with van der Waals surface area (Å²) in [7, 11) is 0. The van der Waals surface area contributed by atoms with Gasteiger partial charge < -0.3 is 4.57 Å². The molecule has 0 radical (unpaired) electrons. The van der Waals surface area contributed by atoms with Gasteiger partial charge >= 0.3 is 0 Å². The molecule has 0 saturated heterocycles. The quantitative estimate of drug-likeness (QED) is 0.222. The summed E-state index contributed by atoms with van der Waals surface area (Å²) in [4.78, 5) is 9.40. The van der Waals surface area contributed by atoms with E-state index in [-0.39, 0.29) is 0 Å². The average Bonchev–Trinajstić information content (AvgIpc) is 3.32. The summed E-state index contributed by atoms with van der Waals surface area (Å²) >= 11 is 0. The van der Waals surface area contributed by atoms with Gasteiger partial charge in [-0.1, -0.05) is 72.8 Å². The van der Waals surface area contributed by atoms with Crippen LogP contribution in [0.4, 0.5) is 0 Å². The molecule has 6 aromatic carbocycles. The third-order valence-corrected chi connectivity index (χ3v) is 8.12. The zero-order valence-corrected chi connectivity index (χ0v) is 21.8. The number of nitrogens with zero attached hydrogens (tertiary/aromatic N) is 3. The number of aryl methyl sites for hydroxylation is 2. The molecule has 3 heteroatoms. The van der Waals surface area contributed by atoms with E-state index in [1.54, 1.807) is 12.4 Å². The number of hydrogen-bond acceptors (Lipinski definition) is 2. The van der Waals surface area contributed by atoms with Gasteiger partial charge in [-0.3, -0.25) is 9.97 Å². The Morgan fingerprint density at radius 2 is 1.05 bits per heavy atom. The van der Waals surface area contributed by atoms with Crippen LogP contribution in [-0.2, 0) is 0 Å². The van der Waals surface area contributed by atoms with E-state index >= 15 is 0 Å². The molecular formula is C36H25N3. The first-order valence-electron chi connectivity index (χ1n) is 13.3. The van der Waals surface area contributed by atoms with E-state index < -0.39 is 0 Å². The summed E-state index contributed by atoms with van der Waals surface area (Å²) in [5.74, 6) is 0. The van der Waals surface area contributed by atoms with E-state index in [1.807, 2.05) is 0 Å². The predicted octanol–water partition coefficient (Wildman–Crippen LogP) is 9.32. The molecule has 0 atom stereocenters. The van der Waals surface area contributed by atoms with E-state index in [4.69, 9.17) is 4.98 Å². The van der Waals surface area contributed by atoms with Crippen LogP contribution in [0, 0.1) is 13.8 Å². The molecule has 0 N–H and O–H groups in total. The molecule has 0 aliphatic heterocycles. The number of benzene rings is 6. The van der Waals surface area contributed by atoms with Crippen LogP contribution in [0.5, 0.6) is 0 Å². The molecule has 3 nitrogen and oxygen atoms in total. The number of aromatic nitrogens is 3. The molecule has 184 valence electrons. The Bertz CT molecular complexity index is 2170. The lowest BCUT2D eigenvalue weighted by molar-refractivity contribution is 1.14. The molecule has 0 bridgehead atoms. The summed E-state index contributed by atoms with van der Waals surface area (Å²) in [5, 5.41) is 7.26. The lowest BCUT2D eigenvalue weighted by Gasteiger charge is -2.16. The fraction of sp³-hybridized carbons (Fsp3) is 0.0556. The van der Waals surface area contributed by atoms with Crippen molar-refractivity contribution in [1.29, 1.82) is 0 Å². The zero-order chi connectivity index (χ0) is 26.1. The van der Waals surface area contributed by atoms with Gasteiger partial charge in [0.2, 0.25) is 0 Å². The topological polar surface area (TPSA) is 30.7 Å². The SMILES string of the molecule is Cc1cc(-n2c3ccccc3c3ccccc32)c(C)cc1-c1ccc2c(c1)c1ccccc1c1nccnc21. The van der Waals surface area contributed by atoms with Crippen molar-refractivity contribution in [3.05, 3.63) is 127 Å². The molecule has 8 rings (SSSR count). The Morgan fingerprint density at radius 1 is 0.487 bits per heavy atom. The van der Waals surface area contributed by atoms with Crippen molar-refractivity contribution in [3.8, 4) is 16.8 Å². The van der Waals surface area contributed by atoms with Crippen molar-refractivity contribution in [3.63, 3.8) is 0 Å². The second kappa shape index (κ2) is 8.24. The lowest BCUT2D eigenvalue weighted by Crippen LogP contribution is -1.99. The van der Waals surface area contributed by atoms with Gasteiger partial charge in [-0.25, -0.2) is 0 Å². The zero-order valence-electron chi connectivity index (χ0n) is 21.8. The molecule has 39 heavy (non-hydrogen) atoms. The van der Waals surface area contributed by atoms with E-state index in [0.717, 1.165) is 21.8 Å². The molecule has 0 unspecified atom stereocenters. The Morgan fingerprint density at radius 3 is 1.72 bits per heavy atom. The van der Waals surface area contributed by atoms with Crippen molar-refractivity contribution in [2.45, 2.75) is 13.8 Å². The predicted molar refractivity (Wildman–Crippen MR) is 164 cm³/mol. The summed E-state index contributed by atoms with van der Waals surface area (Å²) in [6.45, 7) is 4.45. The van der Waals surface area contributed by atoms with Gasteiger partial charge in [0, 0.05) is 39.6 Å². The van der Waals surface area contributed by atoms with Gasteiger partial charge in [0.25, 0.3) is 0 Å². The summed E-state index contributed by atoms with van der Waals surface area (Å²) in [5.41, 5.74) is 10.6. The fourth-order valence-electron chi connectivity index (χ4n) is 6.33. The lowest BCUT2D eigenvalue weighted by atomic mass is 9.92. The molecule has 0 aliphatic carbocycles. The standard InChI is InChI=1S/C36H25N3/c1-22-20-34(39-32-13-7-5-10-26(32)27-11-6-8-14-33(27)39)23(2)19-30(22)24-15-16-29-31(21-24)25-9-3-4-12-28(25)35-36(29)38-18-17-37-35/h3-21H,1-2H3. The Hall–Kier alpha value is -5.02. The highest BCUT2D eigenvalue weighted by Gasteiger charge is 2.16. The van der Waals surface area contributed by atoms with Crippen LogP contribution in [0.2, 0.25) is 0 Å². The highest BCUT2D eigenvalue weighted by atomic mass is 15.0. The summed E-state index contributed by atoms with van der Waals surface area (Å²) < 4.78 is 2.41. The highest BCUT2D eigenvalue weighted by Crippen LogP contribution is 2.38. The minimum atomic E-state index is 0.951. The number of rotatable bonds is 2. The Balaban J connectivity index is 1.37. The minimum Gasteiger partial charge on any atom is -0.309 e. The first kappa shape index (κ1) is 22.0. The first-order valence-corrected chi connectivity index (χ1v) is 13.3. The van der Waals surface area contributed by atoms with Gasteiger partial charge in [-0.2, -0.15) is 0 Å². The molecule has 8 aromatic rings. The van der Waals surface area contributed by atoms with Crippen molar-refractivity contribution < 1.29 is 0 Å². The summed E-state index contributed by atoms with van der Waals surface area (Å²) in [6.07, 6.45) is 3.56. The van der Waals surface area contributed by atoms with Crippen molar-refractivity contribution in [2.75, 3.05) is 0 Å². The largest absolute Gasteiger partial charge is 0.309 e. The van der Waals surface area contributed by atoms with E-state index in [2.05, 4.69) is 127 Å². The molecule has 0 fully saturated rings. The van der Waals surface area contributed by atoms with Crippen LogP contribution in [0.3, 0.4) is 0 Å². The Kier molecular flexibility index (Phi) is 4.65. The van der Waals surface area contributed by atoms with E-state index in [1.165, 1.54) is 60.5 Å².